The predicted molar refractivity (Wildman–Crippen MR) is 63.9 cm³/mol. The van der Waals surface area contributed by atoms with Gasteiger partial charge in [-0.25, -0.2) is 4.98 Å². The standard InChI is InChI=1S/C12H12N2S/c1-2-3-4-11-9-15-12(14-11)10-5-7-13-8-6-10/h2,5-9H,1,3-4H2. The van der Waals surface area contributed by atoms with Gasteiger partial charge in [-0.05, 0) is 25.0 Å². The molecule has 0 amide bonds. The first-order valence-corrected chi connectivity index (χ1v) is 5.74. The molecule has 2 heterocycles. The van der Waals surface area contributed by atoms with Gasteiger partial charge in [0.2, 0.25) is 0 Å². The lowest BCUT2D eigenvalue weighted by atomic mass is 10.2. The third-order valence-corrected chi connectivity index (χ3v) is 3.02. The van der Waals surface area contributed by atoms with Gasteiger partial charge in [0.15, 0.2) is 0 Å². The van der Waals surface area contributed by atoms with Gasteiger partial charge in [0.05, 0.1) is 5.69 Å². The molecule has 2 aromatic heterocycles. The summed E-state index contributed by atoms with van der Waals surface area (Å²) < 4.78 is 0. The molecule has 0 saturated heterocycles. The van der Waals surface area contributed by atoms with Gasteiger partial charge in [-0.15, -0.1) is 17.9 Å². The fourth-order valence-corrected chi connectivity index (χ4v) is 2.16. The van der Waals surface area contributed by atoms with Gasteiger partial charge in [0.25, 0.3) is 0 Å². The normalized spacial score (nSPS) is 10.1. The van der Waals surface area contributed by atoms with Crippen LogP contribution in [0.1, 0.15) is 12.1 Å². The van der Waals surface area contributed by atoms with Gasteiger partial charge >= 0.3 is 0 Å². The number of pyridine rings is 1. The summed E-state index contributed by atoms with van der Waals surface area (Å²) in [4.78, 5) is 8.55. The van der Waals surface area contributed by atoms with E-state index >= 15 is 0 Å². The molecular weight excluding hydrogens is 204 g/mol. The number of hydrogen-bond acceptors (Lipinski definition) is 3. The quantitative estimate of drug-likeness (QED) is 0.733. The van der Waals surface area contributed by atoms with Crippen molar-refractivity contribution in [1.82, 2.24) is 9.97 Å². The Morgan fingerprint density at radius 3 is 2.87 bits per heavy atom. The Hall–Kier alpha value is -1.48. The Morgan fingerprint density at radius 1 is 1.33 bits per heavy atom. The second kappa shape index (κ2) is 4.84. The summed E-state index contributed by atoms with van der Waals surface area (Å²) in [6, 6.07) is 3.96. The fraction of sp³-hybridized carbons (Fsp3) is 0.167. The van der Waals surface area contributed by atoms with Crippen LogP contribution < -0.4 is 0 Å². The highest BCUT2D eigenvalue weighted by Gasteiger charge is 2.03. The van der Waals surface area contributed by atoms with E-state index in [1.807, 2.05) is 18.2 Å². The van der Waals surface area contributed by atoms with E-state index in [4.69, 9.17) is 0 Å². The number of nitrogens with zero attached hydrogens (tertiary/aromatic N) is 2. The van der Waals surface area contributed by atoms with E-state index in [0.717, 1.165) is 29.1 Å². The van der Waals surface area contributed by atoms with Crippen LogP contribution in [0.25, 0.3) is 10.6 Å². The van der Waals surface area contributed by atoms with Crippen molar-refractivity contribution in [3.05, 3.63) is 48.3 Å². The average molecular weight is 216 g/mol. The highest BCUT2D eigenvalue weighted by molar-refractivity contribution is 7.13. The number of aryl methyl sites for hydroxylation is 1. The molecule has 0 saturated carbocycles. The third-order valence-electron chi connectivity index (χ3n) is 2.08. The maximum absolute atomic E-state index is 4.56. The fourth-order valence-electron chi connectivity index (χ4n) is 1.30. The molecule has 0 N–H and O–H groups in total. The van der Waals surface area contributed by atoms with Crippen LogP contribution in [-0.4, -0.2) is 9.97 Å². The van der Waals surface area contributed by atoms with Gasteiger partial charge in [-0.2, -0.15) is 0 Å². The monoisotopic (exact) mass is 216 g/mol. The second-order valence-electron chi connectivity index (χ2n) is 3.21. The molecule has 76 valence electrons. The zero-order valence-corrected chi connectivity index (χ0v) is 9.20. The number of hydrogen-bond donors (Lipinski definition) is 0. The van der Waals surface area contributed by atoms with E-state index in [1.54, 1.807) is 23.7 Å². The smallest absolute Gasteiger partial charge is 0.123 e. The Balaban J connectivity index is 2.17. The predicted octanol–water partition coefficient (Wildman–Crippen LogP) is 3.32. The van der Waals surface area contributed by atoms with Crippen molar-refractivity contribution in [2.75, 3.05) is 0 Å². The summed E-state index contributed by atoms with van der Waals surface area (Å²) in [6.45, 7) is 3.71. The Bertz CT molecular complexity index is 434. The first kappa shape index (κ1) is 10.1. The molecule has 0 aromatic carbocycles. The van der Waals surface area contributed by atoms with Crippen LogP contribution in [0.15, 0.2) is 42.6 Å². The minimum absolute atomic E-state index is 0.977. The van der Waals surface area contributed by atoms with Gasteiger partial charge in [0, 0.05) is 23.3 Å². The molecule has 3 heteroatoms. The molecule has 0 bridgehead atoms. The van der Waals surface area contributed by atoms with Crippen molar-refractivity contribution >= 4 is 11.3 Å². The van der Waals surface area contributed by atoms with Crippen molar-refractivity contribution in [1.29, 1.82) is 0 Å². The van der Waals surface area contributed by atoms with E-state index in [9.17, 15) is 0 Å². The molecule has 15 heavy (non-hydrogen) atoms. The Labute approximate surface area is 93.3 Å². The van der Waals surface area contributed by atoms with E-state index in [0.29, 0.717) is 0 Å². The number of aromatic nitrogens is 2. The molecule has 2 aromatic rings. The summed E-state index contributed by atoms with van der Waals surface area (Å²) in [5.74, 6) is 0. The molecule has 0 atom stereocenters. The van der Waals surface area contributed by atoms with E-state index in [2.05, 4.69) is 21.9 Å². The lowest BCUT2D eigenvalue weighted by Crippen LogP contribution is -1.83. The first-order valence-electron chi connectivity index (χ1n) is 4.86. The minimum atomic E-state index is 0.977. The highest BCUT2D eigenvalue weighted by atomic mass is 32.1. The molecule has 0 spiro atoms. The average Bonchev–Trinajstić information content (AvgIpc) is 2.76. The van der Waals surface area contributed by atoms with E-state index in [1.165, 1.54) is 0 Å². The largest absolute Gasteiger partial charge is 0.265 e. The third kappa shape index (κ3) is 2.50. The molecule has 2 rings (SSSR count). The van der Waals surface area contributed by atoms with Crippen LogP contribution in [-0.2, 0) is 6.42 Å². The molecule has 2 nitrogen and oxygen atoms in total. The van der Waals surface area contributed by atoms with Gasteiger partial charge in [-0.3, -0.25) is 4.98 Å². The minimum Gasteiger partial charge on any atom is -0.265 e. The summed E-state index contributed by atoms with van der Waals surface area (Å²) in [5, 5.41) is 3.18. The first-order chi connectivity index (χ1) is 7.40. The molecule has 0 aliphatic heterocycles. The molecular formula is C12H12N2S. The van der Waals surface area contributed by atoms with Crippen LogP contribution in [0, 0.1) is 0 Å². The zero-order chi connectivity index (χ0) is 10.5. The summed E-state index contributed by atoms with van der Waals surface area (Å²) in [6.07, 6.45) is 7.47. The molecule has 0 fully saturated rings. The Kier molecular flexibility index (Phi) is 3.25. The summed E-state index contributed by atoms with van der Waals surface area (Å²) in [7, 11) is 0. The van der Waals surface area contributed by atoms with Crippen LogP contribution in [0.4, 0.5) is 0 Å². The number of thiazole rings is 1. The SMILES string of the molecule is C=CCCc1csc(-c2ccncc2)n1. The van der Waals surface area contributed by atoms with E-state index in [-0.39, 0.29) is 0 Å². The Morgan fingerprint density at radius 2 is 2.13 bits per heavy atom. The van der Waals surface area contributed by atoms with Gasteiger partial charge < -0.3 is 0 Å². The maximum Gasteiger partial charge on any atom is 0.123 e. The number of allylic oxidation sites excluding steroid dienone is 1. The van der Waals surface area contributed by atoms with Crippen molar-refractivity contribution in [3.8, 4) is 10.6 Å². The van der Waals surface area contributed by atoms with E-state index < -0.39 is 0 Å². The summed E-state index contributed by atoms with van der Waals surface area (Å²) in [5.41, 5.74) is 2.28. The van der Waals surface area contributed by atoms with Crippen molar-refractivity contribution in [2.24, 2.45) is 0 Å². The summed E-state index contributed by atoms with van der Waals surface area (Å²) >= 11 is 1.68. The van der Waals surface area contributed by atoms with Crippen molar-refractivity contribution in [2.45, 2.75) is 12.8 Å². The van der Waals surface area contributed by atoms with Crippen molar-refractivity contribution < 1.29 is 0 Å². The number of rotatable bonds is 4. The van der Waals surface area contributed by atoms with Gasteiger partial charge in [-0.1, -0.05) is 6.08 Å². The lowest BCUT2D eigenvalue weighted by Gasteiger charge is -1.93. The van der Waals surface area contributed by atoms with Crippen LogP contribution in [0.5, 0.6) is 0 Å². The zero-order valence-electron chi connectivity index (χ0n) is 8.39. The van der Waals surface area contributed by atoms with Crippen molar-refractivity contribution in [3.63, 3.8) is 0 Å². The van der Waals surface area contributed by atoms with Crippen LogP contribution >= 0.6 is 11.3 Å². The maximum atomic E-state index is 4.56. The lowest BCUT2D eigenvalue weighted by molar-refractivity contribution is 0.962. The second-order valence-corrected chi connectivity index (χ2v) is 4.07. The van der Waals surface area contributed by atoms with Crippen LogP contribution in [0.3, 0.4) is 0 Å². The van der Waals surface area contributed by atoms with Gasteiger partial charge in [0.1, 0.15) is 5.01 Å². The molecule has 0 aliphatic rings. The topological polar surface area (TPSA) is 25.8 Å². The highest BCUT2D eigenvalue weighted by Crippen LogP contribution is 2.23. The molecule has 0 radical (unpaired) electrons. The molecule has 0 aliphatic carbocycles. The van der Waals surface area contributed by atoms with Crippen LogP contribution in [0.2, 0.25) is 0 Å². The molecule has 0 unspecified atom stereocenters.